The van der Waals surface area contributed by atoms with Gasteiger partial charge in [0.2, 0.25) is 5.91 Å². The standard InChI is InChI=1S/C20H22N2O2S2/c1-4-22(14(2)15-7-5-8-17(11-15)24-3)19(23)12-16-13-26-20(21-16)18-9-6-10-25-18/h5-11,13-14H,4,12H2,1-3H3. The summed E-state index contributed by atoms with van der Waals surface area (Å²) in [5.74, 6) is 0.892. The molecule has 0 fully saturated rings. The number of benzene rings is 1. The van der Waals surface area contributed by atoms with E-state index < -0.39 is 0 Å². The zero-order valence-electron chi connectivity index (χ0n) is 15.1. The van der Waals surface area contributed by atoms with Crippen LogP contribution in [0.15, 0.2) is 47.2 Å². The molecular formula is C20H22N2O2S2. The summed E-state index contributed by atoms with van der Waals surface area (Å²) in [6.45, 7) is 4.71. The molecule has 0 spiro atoms. The fourth-order valence-corrected chi connectivity index (χ4v) is 4.54. The Morgan fingerprint density at radius 2 is 2.12 bits per heavy atom. The summed E-state index contributed by atoms with van der Waals surface area (Å²) < 4.78 is 5.30. The first-order chi connectivity index (χ1) is 12.6. The fraction of sp³-hybridized carbons (Fsp3) is 0.300. The van der Waals surface area contributed by atoms with Crippen molar-refractivity contribution in [3.05, 3.63) is 58.4 Å². The Hall–Kier alpha value is -2.18. The highest BCUT2D eigenvalue weighted by molar-refractivity contribution is 7.20. The van der Waals surface area contributed by atoms with E-state index in [-0.39, 0.29) is 11.9 Å². The van der Waals surface area contributed by atoms with Gasteiger partial charge >= 0.3 is 0 Å². The monoisotopic (exact) mass is 386 g/mol. The Morgan fingerprint density at radius 1 is 1.27 bits per heavy atom. The van der Waals surface area contributed by atoms with E-state index in [2.05, 4.69) is 11.1 Å². The number of amides is 1. The number of likely N-dealkylation sites (N-methyl/N-ethyl adjacent to an activating group) is 1. The number of nitrogens with zero attached hydrogens (tertiary/aromatic N) is 2. The van der Waals surface area contributed by atoms with Crippen molar-refractivity contribution in [2.75, 3.05) is 13.7 Å². The molecule has 1 amide bonds. The van der Waals surface area contributed by atoms with Crippen molar-refractivity contribution >= 4 is 28.6 Å². The lowest BCUT2D eigenvalue weighted by atomic mass is 10.1. The molecule has 26 heavy (non-hydrogen) atoms. The fourth-order valence-electron chi connectivity index (χ4n) is 2.91. The van der Waals surface area contributed by atoms with Gasteiger partial charge in [0.1, 0.15) is 10.8 Å². The van der Waals surface area contributed by atoms with Crippen LogP contribution in [0.5, 0.6) is 5.75 Å². The summed E-state index contributed by atoms with van der Waals surface area (Å²) in [4.78, 5) is 20.5. The molecule has 2 heterocycles. The summed E-state index contributed by atoms with van der Waals surface area (Å²) in [5, 5.41) is 5.00. The zero-order valence-corrected chi connectivity index (χ0v) is 16.8. The number of hydrogen-bond donors (Lipinski definition) is 0. The third-order valence-electron chi connectivity index (χ3n) is 4.32. The number of methoxy groups -OCH3 is 1. The molecule has 0 radical (unpaired) electrons. The second-order valence-corrected chi connectivity index (χ2v) is 7.74. The maximum absolute atomic E-state index is 12.9. The van der Waals surface area contributed by atoms with Gasteiger partial charge in [0.25, 0.3) is 0 Å². The Bertz CT molecular complexity index is 858. The smallest absolute Gasteiger partial charge is 0.229 e. The minimum atomic E-state index is -0.0157. The molecule has 0 aliphatic heterocycles. The Labute approximate surface area is 162 Å². The number of rotatable bonds is 7. The first-order valence-corrected chi connectivity index (χ1v) is 10.3. The van der Waals surface area contributed by atoms with Gasteiger partial charge in [-0.15, -0.1) is 22.7 Å². The number of aromatic nitrogens is 1. The molecule has 2 aromatic heterocycles. The van der Waals surface area contributed by atoms with Gasteiger partial charge in [0, 0.05) is 11.9 Å². The Kier molecular flexibility index (Phi) is 6.06. The maximum Gasteiger partial charge on any atom is 0.229 e. The van der Waals surface area contributed by atoms with Gasteiger partial charge in [-0.1, -0.05) is 18.2 Å². The average molecular weight is 387 g/mol. The van der Waals surface area contributed by atoms with E-state index in [0.29, 0.717) is 13.0 Å². The summed E-state index contributed by atoms with van der Waals surface area (Å²) >= 11 is 3.26. The van der Waals surface area contributed by atoms with Crippen molar-refractivity contribution < 1.29 is 9.53 Å². The van der Waals surface area contributed by atoms with Crippen LogP contribution in [-0.2, 0) is 11.2 Å². The molecule has 0 bridgehead atoms. The van der Waals surface area contributed by atoms with Crippen LogP contribution in [-0.4, -0.2) is 29.4 Å². The van der Waals surface area contributed by atoms with E-state index in [1.165, 1.54) is 0 Å². The molecule has 4 nitrogen and oxygen atoms in total. The van der Waals surface area contributed by atoms with Gasteiger partial charge in [0.05, 0.1) is 30.1 Å². The van der Waals surface area contributed by atoms with Crippen molar-refractivity contribution in [2.45, 2.75) is 26.3 Å². The van der Waals surface area contributed by atoms with E-state index in [1.807, 2.05) is 59.8 Å². The van der Waals surface area contributed by atoms with Crippen molar-refractivity contribution in [3.8, 4) is 15.6 Å². The molecule has 0 saturated heterocycles. The number of thiophene rings is 1. The summed E-state index contributed by atoms with van der Waals surface area (Å²) in [6, 6.07) is 11.9. The number of hydrogen-bond acceptors (Lipinski definition) is 5. The summed E-state index contributed by atoms with van der Waals surface area (Å²) in [7, 11) is 1.65. The first kappa shape index (κ1) is 18.6. The summed E-state index contributed by atoms with van der Waals surface area (Å²) in [5.41, 5.74) is 1.90. The largest absolute Gasteiger partial charge is 0.497 e. The van der Waals surface area contributed by atoms with Crippen LogP contribution >= 0.6 is 22.7 Å². The number of ether oxygens (including phenoxy) is 1. The second-order valence-electron chi connectivity index (χ2n) is 5.93. The second kappa shape index (κ2) is 8.47. The van der Waals surface area contributed by atoms with Gasteiger partial charge in [-0.05, 0) is 43.0 Å². The quantitative estimate of drug-likeness (QED) is 0.572. The van der Waals surface area contributed by atoms with Crippen LogP contribution in [0.4, 0.5) is 0 Å². The molecule has 0 aliphatic rings. The SMILES string of the molecule is CCN(C(=O)Cc1csc(-c2cccs2)n1)C(C)c1cccc(OC)c1. The molecule has 3 rings (SSSR count). The minimum absolute atomic E-state index is 0.0157. The molecular weight excluding hydrogens is 364 g/mol. The predicted octanol–water partition coefficient (Wildman–Crippen LogP) is 5.03. The minimum Gasteiger partial charge on any atom is -0.497 e. The van der Waals surface area contributed by atoms with Crippen LogP contribution in [0.3, 0.4) is 0 Å². The Balaban J connectivity index is 1.72. The van der Waals surface area contributed by atoms with Gasteiger partial charge in [-0.2, -0.15) is 0 Å². The third-order valence-corrected chi connectivity index (χ3v) is 6.25. The van der Waals surface area contributed by atoms with E-state index in [1.54, 1.807) is 29.8 Å². The van der Waals surface area contributed by atoms with Crippen molar-refractivity contribution in [1.29, 1.82) is 0 Å². The predicted molar refractivity (Wildman–Crippen MR) is 108 cm³/mol. The first-order valence-electron chi connectivity index (χ1n) is 8.54. The molecule has 136 valence electrons. The zero-order chi connectivity index (χ0) is 18.5. The van der Waals surface area contributed by atoms with Crippen LogP contribution in [0.2, 0.25) is 0 Å². The highest BCUT2D eigenvalue weighted by Gasteiger charge is 2.21. The normalized spacial score (nSPS) is 12.0. The number of thiazole rings is 1. The van der Waals surface area contributed by atoms with E-state index in [9.17, 15) is 4.79 Å². The summed E-state index contributed by atoms with van der Waals surface area (Å²) in [6.07, 6.45) is 0.323. The molecule has 3 aromatic rings. The lowest BCUT2D eigenvalue weighted by Crippen LogP contribution is -2.34. The molecule has 1 unspecified atom stereocenters. The molecule has 0 aliphatic carbocycles. The third kappa shape index (κ3) is 4.14. The van der Waals surface area contributed by atoms with Gasteiger partial charge in [-0.3, -0.25) is 4.79 Å². The Morgan fingerprint density at radius 3 is 2.81 bits per heavy atom. The number of carbonyl (C=O) groups excluding carboxylic acids is 1. The van der Waals surface area contributed by atoms with Gasteiger partial charge in [-0.25, -0.2) is 4.98 Å². The topological polar surface area (TPSA) is 42.4 Å². The lowest BCUT2D eigenvalue weighted by Gasteiger charge is -2.28. The van der Waals surface area contributed by atoms with Crippen molar-refractivity contribution in [3.63, 3.8) is 0 Å². The lowest BCUT2D eigenvalue weighted by molar-refractivity contribution is -0.132. The van der Waals surface area contributed by atoms with Crippen LogP contribution in [0, 0.1) is 0 Å². The van der Waals surface area contributed by atoms with Crippen LogP contribution < -0.4 is 4.74 Å². The highest BCUT2D eigenvalue weighted by atomic mass is 32.1. The molecule has 1 aromatic carbocycles. The average Bonchev–Trinajstić information content (AvgIpc) is 3.34. The van der Waals surface area contributed by atoms with Crippen molar-refractivity contribution in [2.24, 2.45) is 0 Å². The highest BCUT2D eigenvalue weighted by Crippen LogP contribution is 2.29. The van der Waals surface area contributed by atoms with Gasteiger partial charge in [0.15, 0.2) is 0 Å². The van der Waals surface area contributed by atoms with E-state index >= 15 is 0 Å². The molecule has 0 N–H and O–H groups in total. The molecule has 0 saturated carbocycles. The maximum atomic E-state index is 12.9. The molecule has 6 heteroatoms. The molecule has 1 atom stereocenters. The van der Waals surface area contributed by atoms with E-state index in [0.717, 1.165) is 26.9 Å². The van der Waals surface area contributed by atoms with Gasteiger partial charge < -0.3 is 9.64 Å². The van der Waals surface area contributed by atoms with Crippen LogP contribution in [0.25, 0.3) is 9.88 Å². The van der Waals surface area contributed by atoms with E-state index in [4.69, 9.17) is 4.74 Å². The van der Waals surface area contributed by atoms with Crippen molar-refractivity contribution in [1.82, 2.24) is 9.88 Å². The van der Waals surface area contributed by atoms with Crippen LogP contribution in [0.1, 0.15) is 31.1 Å². The number of carbonyl (C=O) groups is 1.